The summed E-state index contributed by atoms with van der Waals surface area (Å²) in [6, 6.07) is 12.1. The Labute approximate surface area is 110 Å². The van der Waals surface area contributed by atoms with Crippen molar-refractivity contribution in [1.82, 2.24) is 15.2 Å². The fraction of sp³-hybridized carbons (Fsp3) is 0.0667. The number of pyridine rings is 1. The van der Waals surface area contributed by atoms with Crippen LogP contribution in [0.3, 0.4) is 0 Å². The lowest BCUT2D eigenvalue weighted by atomic mass is 10.0. The first-order valence-electron chi connectivity index (χ1n) is 5.98. The smallest absolute Gasteiger partial charge is 0.123 e. The van der Waals surface area contributed by atoms with Crippen molar-refractivity contribution >= 4 is 0 Å². The number of benzene rings is 1. The minimum Gasteiger partial charge on any atom is -0.282 e. The quantitative estimate of drug-likeness (QED) is 0.758. The first kappa shape index (κ1) is 11.6. The minimum absolute atomic E-state index is 0.273. The molecule has 0 fully saturated rings. The van der Waals surface area contributed by atoms with E-state index in [0.29, 0.717) is 0 Å². The highest BCUT2D eigenvalue weighted by atomic mass is 19.1. The van der Waals surface area contributed by atoms with Crippen molar-refractivity contribution in [3.8, 4) is 22.5 Å². The zero-order valence-corrected chi connectivity index (χ0v) is 10.4. The predicted octanol–water partition coefficient (Wildman–Crippen LogP) is 3.59. The Morgan fingerprint density at radius 3 is 2.74 bits per heavy atom. The number of nitrogens with one attached hydrogen (secondary N) is 1. The molecule has 0 saturated carbocycles. The normalized spacial score (nSPS) is 10.6. The van der Waals surface area contributed by atoms with Crippen LogP contribution in [0, 0.1) is 12.7 Å². The van der Waals surface area contributed by atoms with E-state index in [2.05, 4.69) is 15.2 Å². The number of rotatable bonds is 2. The molecule has 0 spiro atoms. The molecule has 0 amide bonds. The largest absolute Gasteiger partial charge is 0.282 e. The van der Waals surface area contributed by atoms with E-state index in [4.69, 9.17) is 0 Å². The van der Waals surface area contributed by atoms with Gasteiger partial charge in [0.25, 0.3) is 0 Å². The molecule has 19 heavy (non-hydrogen) atoms. The average molecular weight is 253 g/mol. The third kappa shape index (κ3) is 2.12. The summed E-state index contributed by atoms with van der Waals surface area (Å²) in [5.41, 5.74) is 4.11. The van der Waals surface area contributed by atoms with Crippen molar-refractivity contribution in [2.45, 2.75) is 6.92 Å². The van der Waals surface area contributed by atoms with Crippen molar-refractivity contribution in [1.29, 1.82) is 0 Å². The Hall–Kier alpha value is -2.49. The van der Waals surface area contributed by atoms with Gasteiger partial charge in [-0.2, -0.15) is 5.10 Å². The third-order valence-electron chi connectivity index (χ3n) is 2.97. The number of hydrogen-bond acceptors (Lipinski definition) is 2. The monoisotopic (exact) mass is 253 g/mol. The Morgan fingerprint density at radius 2 is 2.00 bits per heavy atom. The molecule has 2 aromatic heterocycles. The van der Waals surface area contributed by atoms with Gasteiger partial charge in [0, 0.05) is 23.0 Å². The van der Waals surface area contributed by atoms with Gasteiger partial charge in [0.2, 0.25) is 0 Å². The number of aromatic amines is 1. The Kier molecular flexibility index (Phi) is 2.83. The molecule has 94 valence electrons. The Bertz CT molecular complexity index is 704. The number of aryl methyl sites for hydroxylation is 1. The van der Waals surface area contributed by atoms with E-state index in [0.717, 1.165) is 28.2 Å². The van der Waals surface area contributed by atoms with Crippen LogP contribution in [0.25, 0.3) is 22.5 Å². The molecule has 3 nitrogen and oxygen atoms in total. The summed E-state index contributed by atoms with van der Waals surface area (Å²) in [5, 5.41) is 7.21. The fourth-order valence-electron chi connectivity index (χ4n) is 2.10. The Balaban J connectivity index is 2.19. The lowest BCUT2D eigenvalue weighted by molar-refractivity contribution is 0.628. The zero-order valence-electron chi connectivity index (χ0n) is 10.4. The van der Waals surface area contributed by atoms with Crippen molar-refractivity contribution in [3.05, 3.63) is 60.2 Å². The van der Waals surface area contributed by atoms with Crippen LogP contribution in [0.5, 0.6) is 0 Å². The summed E-state index contributed by atoms with van der Waals surface area (Å²) in [7, 11) is 0. The van der Waals surface area contributed by atoms with Gasteiger partial charge >= 0.3 is 0 Å². The fourth-order valence-corrected chi connectivity index (χ4v) is 2.10. The molecule has 1 N–H and O–H groups in total. The summed E-state index contributed by atoms with van der Waals surface area (Å²) in [6.07, 6.45) is 1.73. The van der Waals surface area contributed by atoms with Crippen LogP contribution >= 0.6 is 0 Å². The first-order chi connectivity index (χ1) is 9.25. The van der Waals surface area contributed by atoms with Crippen molar-refractivity contribution in [3.63, 3.8) is 0 Å². The average Bonchev–Trinajstić information content (AvgIpc) is 2.82. The van der Waals surface area contributed by atoms with Crippen molar-refractivity contribution in [2.75, 3.05) is 0 Å². The molecule has 4 heteroatoms. The molecule has 0 bridgehead atoms. The first-order valence-corrected chi connectivity index (χ1v) is 5.98. The maximum absolute atomic E-state index is 13.3. The van der Waals surface area contributed by atoms with Gasteiger partial charge in [0.1, 0.15) is 11.5 Å². The summed E-state index contributed by atoms with van der Waals surface area (Å²) in [4.78, 5) is 4.34. The minimum atomic E-state index is -0.273. The van der Waals surface area contributed by atoms with Gasteiger partial charge in [-0.1, -0.05) is 18.2 Å². The number of hydrogen-bond donors (Lipinski definition) is 1. The summed E-state index contributed by atoms with van der Waals surface area (Å²) in [5.74, 6) is -0.273. The van der Waals surface area contributed by atoms with Crippen LogP contribution in [0.2, 0.25) is 0 Å². The highest BCUT2D eigenvalue weighted by Crippen LogP contribution is 2.31. The number of aromatic nitrogens is 3. The molecular formula is C15H12FN3. The van der Waals surface area contributed by atoms with E-state index in [9.17, 15) is 4.39 Å². The number of H-pyrrole nitrogens is 1. The molecule has 0 unspecified atom stereocenters. The van der Waals surface area contributed by atoms with E-state index >= 15 is 0 Å². The summed E-state index contributed by atoms with van der Waals surface area (Å²) < 4.78 is 13.3. The lowest BCUT2D eigenvalue weighted by Gasteiger charge is -2.03. The second-order valence-corrected chi connectivity index (χ2v) is 4.30. The van der Waals surface area contributed by atoms with Gasteiger partial charge in [0.15, 0.2) is 0 Å². The van der Waals surface area contributed by atoms with Crippen LogP contribution in [0.15, 0.2) is 48.7 Å². The molecule has 0 aliphatic rings. The number of nitrogens with zero attached hydrogens (tertiary/aromatic N) is 2. The molecule has 0 saturated heterocycles. The van der Waals surface area contributed by atoms with E-state index in [1.54, 1.807) is 12.3 Å². The second kappa shape index (κ2) is 4.65. The van der Waals surface area contributed by atoms with Crippen molar-refractivity contribution in [2.24, 2.45) is 0 Å². The molecule has 3 rings (SSSR count). The molecule has 0 radical (unpaired) electrons. The second-order valence-electron chi connectivity index (χ2n) is 4.30. The molecule has 0 aliphatic carbocycles. The van der Waals surface area contributed by atoms with Crippen LogP contribution in [-0.2, 0) is 0 Å². The molecule has 0 atom stereocenters. The van der Waals surface area contributed by atoms with Crippen LogP contribution in [0.1, 0.15) is 5.69 Å². The van der Waals surface area contributed by atoms with Gasteiger partial charge in [-0.25, -0.2) is 4.39 Å². The van der Waals surface area contributed by atoms with E-state index in [1.807, 2.05) is 31.2 Å². The van der Waals surface area contributed by atoms with Crippen molar-refractivity contribution < 1.29 is 4.39 Å². The van der Waals surface area contributed by atoms with Gasteiger partial charge in [0.05, 0.1) is 5.69 Å². The summed E-state index contributed by atoms with van der Waals surface area (Å²) >= 11 is 0. The molecule has 1 aromatic carbocycles. The maximum atomic E-state index is 13.3. The molecule has 3 aromatic rings. The van der Waals surface area contributed by atoms with E-state index in [1.165, 1.54) is 12.1 Å². The topological polar surface area (TPSA) is 41.6 Å². The van der Waals surface area contributed by atoms with Gasteiger partial charge in [-0.15, -0.1) is 0 Å². The van der Waals surface area contributed by atoms with Crippen LogP contribution in [-0.4, -0.2) is 15.2 Å². The maximum Gasteiger partial charge on any atom is 0.123 e. The summed E-state index contributed by atoms with van der Waals surface area (Å²) in [6.45, 7) is 1.93. The molecular weight excluding hydrogens is 241 g/mol. The van der Waals surface area contributed by atoms with E-state index < -0.39 is 0 Å². The van der Waals surface area contributed by atoms with Gasteiger partial charge < -0.3 is 0 Å². The zero-order chi connectivity index (χ0) is 13.2. The highest BCUT2D eigenvalue weighted by Gasteiger charge is 2.15. The Morgan fingerprint density at radius 1 is 1.11 bits per heavy atom. The van der Waals surface area contributed by atoms with Gasteiger partial charge in [-0.3, -0.25) is 10.1 Å². The van der Waals surface area contributed by atoms with Crippen LogP contribution in [0.4, 0.5) is 4.39 Å². The molecule has 0 aliphatic heterocycles. The third-order valence-corrected chi connectivity index (χ3v) is 2.97. The van der Waals surface area contributed by atoms with Gasteiger partial charge in [-0.05, 0) is 31.2 Å². The molecule has 2 heterocycles. The number of halogens is 1. The predicted molar refractivity (Wildman–Crippen MR) is 71.9 cm³/mol. The lowest BCUT2D eigenvalue weighted by Crippen LogP contribution is -1.87. The highest BCUT2D eigenvalue weighted by molar-refractivity contribution is 5.80. The standard InChI is InChI=1S/C15H12FN3/c1-10-14(13-7-2-3-8-17-13)15(19-18-10)11-5-4-6-12(16)9-11/h2-9H,1H3,(H,18,19). The van der Waals surface area contributed by atoms with Crippen LogP contribution < -0.4 is 0 Å². The van der Waals surface area contributed by atoms with E-state index in [-0.39, 0.29) is 5.82 Å². The SMILES string of the molecule is Cc1[nH]nc(-c2cccc(F)c2)c1-c1ccccn1.